The summed E-state index contributed by atoms with van der Waals surface area (Å²) in [5.41, 5.74) is -2.51. The second-order valence-electron chi connectivity index (χ2n) is 27.3. The van der Waals surface area contributed by atoms with Crippen molar-refractivity contribution >= 4 is 120 Å². The average Bonchev–Trinajstić information content (AvgIpc) is 1.54. The van der Waals surface area contributed by atoms with Gasteiger partial charge in [0.25, 0.3) is 5.69 Å². The van der Waals surface area contributed by atoms with Gasteiger partial charge in [0, 0.05) is 64.9 Å². The zero-order valence-corrected chi connectivity index (χ0v) is 59.1. The number of rotatable bonds is 4. The number of aromatic amines is 1. The van der Waals surface area contributed by atoms with Gasteiger partial charge in [-0.1, -0.05) is 58.1 Å². The number of aryl methyl sites for hydroxylation is 5. The summed E-state index contributed by atoms with van der Waals surface area (Å²) in [4.78, 5) is 9.74. The first-order valence-corrected chi connectivity index (χ1v) is 34.0. The van der Waals surface area contributed by atoms with Crippen molar-refractivity contribution in [3.05, 3.63) is 295 Å². The summed E-state index contributed by atoms with van der Waals surface area (Å²) in [5, 5.41) is 23.2. The van der Waals surface area contributed by atoms with Crippen LogP contribution in [-0.2, 0) is 30.9 Å². The fourth-order valence-electron chi connectivity index (χ4n) is 15.0. The molecule has 0 saturated heterocycles. The fourth-order valence-corrected chi connectivity index (χ4v) is 15.0. The second-order valence-corrected chi connectivity index (χ2v) is 27.3. The van der Waals surface area contributed by atoms with Crippen LogP contribution in [0.1, 0.15) is 66.8 Å². The first kappa shape index (κ1) is 75.7. The van der Waals surface area contributed by atoms with Crippen molar-refractivity contribution in [3.8, 4) is 34.9 Å². The summed E-state index contributed by atoms with van der Waals surface area (Å²) in [6, 6.07) is 44.7. The van der Waals surface area contributed by atoms with Gasteiger partial charge in [-0.05, 0) is 186 Å². The quantitative estimate of drug-likeness (QED) is 0.0823. The van der Waals surface area contributed by atoms with Crippen molar-refractivity contribution in [1.82, 2.24) is 23.3 Å². The topological polar surface area (TPSA) is 91.8 Å². The Bertz CT molecular complexity index is 7030. The Morgan fingerprint density at radius 1 is 0.281 bits per heavy atom. The van der Waals surface area contributed by atoms with Crippen molar-refractivity contribution in [1.29, 1.82) is 10.5 Å². The number of benzene rings is 12. The number of nitriles is 2. The summed E-state index contributed by atoms with van der Waals surface area (Å²) >= 11 is 0. The third-order valence-electron chi connectivity index (χ3n) is 20.0. The van der Waals surface area contributed by atoms with E-state index in [2.05, 4.69) is 20.7 Å². The van der Waals surface area contributed by atoms with E-state index in [1.165, 1.54) is 33.4 Å². The lowest BCUT2D eigenvalue weighted by Crippen LogP contribution is -2.15. The molecule has 9 nitrogen and oxygen atoms in total. The van der Waals surface area contributed by atoms with Crippen LogP contribution >= 0.6 is 0 Å². The van der Waals surface area contributed by atoms with E-state index in [4.69, 9.17) is 11.8 Å². The lowest BCUT2D eigenvalue weighted by Gasteiger charge is -2.27. The van der Waals surface area contributed by atoms with Gasteiger partial charge in [-0.15, -0.1) is 0 Å². The van der Waals surface area contributed by atoms with Gasteiger partial charge in [0.2, 0.25) is 5.69 Å². The molecule has 5 heterocycles. The van der Waals surface area contributed by atoms with Crippen LogP contribution in [0.25, 0.3) is 141 Å². The fraction of sp³-hybridized carbons (Fsp3) is 0.116. The van der Waals surface area contributed by atoms with Crippen LogP contribution < -0.4 is 0 Å². The van der Waals surface area contributed by atoms with Crippen LogP contribution in [0.5, 0.6) is 0 Å². The number of hydrogen-bond donors (Lipinski definition) is 1. The van der Waals surface area contributed by atoms with E-state index in [0.29, 0.717) is 50.5 Å². The minimum atomic E-state index is -5.02. The van der Waals surface area contributed by atoms with Crippen molar-refractivity contribution < 1.29 is 83.4 Å². The molecule has 0 aliphatic carbocycles. The van der Waals surface area contributed by atoms with E-state index in [-0.39, 0.29) is 93.9 Å². The number of nitrogens with one attached hydrogen (secondary N) is 1. The van der Waals surface area contributed by atoms with E-state index in [0.717, 1.165) is 93.8 Å². The Hall–Kier alpha value is -13.7. The molecule has 0 fully saturated rings. The maximum atomic E-state index is 14.9. The summed E-state index contributed by atoms with van der Waals surface area (Å²) in [5.74, 6) is -7.54. The normalized spacial score (nSPS) is 12.4. The summed E-state index contributed by atoms with van der Waals surface area (Å²) in [6.45, 7) is 24.9. The van der Waals surface area contributed by atoms with E-state index in [1.54, 1.807) is 71.5 Å². The van der Waals surface area contributed by atoms with Gasteiger partial charge in [0.15, 0.2) is 23.3 Å². The second kappa shape index (κ2) is 26.8. The van der Waals surface area contributed by atoms with Gasteiger partial charge in [-0.2, -0.15) is 76.4 Å². The third kappa shape index (κ3) is 12.4. The molecule has 0 bridgehead atoms. The van der Waals surface area contributed by atoms with Gasteiger partial charge in [-0.25, -0.2) is 27.3 Å². The van der Waals surface area contributed by atoms with E-state index >= 15 is 0 Å². The molecule has 1 N–H and O–H groups in total. The highest BCUT2D eigenvalue weighted by atomic mass is 19.4. The Morgan fingerprint density at radius 3 is 0.860 bits per heavy atom. The molecule has 0 radical (unpaired) electrons. The monoisotopic (exact) mass is 1570 g/mol. The number of hydrogen-bond acceptors (Lipinski definition) is 2. The Morgan fingerprint density at radius 2 is 0.535 bits per heavy atom. The Kier molecular flexibility index (Phi) is 17.8. The van der Waals surface area contributed by atoms with Crippen molar-refractivity contribution in [2.75, 3.05) is 0 Å². The van der Waals surface area contributed by atoms with Crippen LogP contribution in [0.2, 0.25) is 0 Å². The molecule has 0 unspecified atom stereocenters. The van der Waals surface area contributed by atoms with Crippen LogP contribution in [0.3, 0.4) is 0 Å². The van der Waals surface area contributed by atoms with Gasteiger partial charge < -0.3 is 23.3 Å². The molecular weight excluding hydrogens is 1520 g/mol. The highest BCUT2D eigenvalue weighted by molar-refractivity contribution is 6.18. The molecule has 17 aromatic rings. The van der Waals surface area contributed by atoms with Crippen molar-refractivity contribution in [2.24, 2.45) is 0 Å². The zero-order valence-electron chi connectivity index (χ0n) is 59.1. The van der Waals surface area contributed by atoms with Crippen LogP contribution in [-0.4, -0.2) is 23.3 Å². The molecule has 0 aliphatic heterocycles. The molecule has 28 heteroatoms. The van der Waals surface area contributed by atoms with Crippen LogP contribution in [0.4, 0.5) is 94.8 Å². The largest absolute Gasteiger partial charge is 0.416 e. The molecule has 0 amide bonds. The standard InChI is InChI=1S/C64H36F12N6.C14H10F3N.C8F4N2/c1-31-7-15-49-39(22-31)40-23-32(2)8-16-50(40)81(49)59-56(78-5)57(79-48-14-6-33(3)24-41(48)43-26-35(61(65,66)67)10-18-52(43)79)47(30-77)58(60(59)82-51-17-9-34(4)25-42(51)44-27-36(62(68,69)70)13-21-55(44)82)80-53-19-11-37(63(71,72)73)28-45(53)46-29-38(64(74,75)76)12-20-54(46)80;1-8-2-4-12-10(6-8)11-7-9(14(15,16)17)3-5-13(11)18-12;1-14-8-5(10)3(2-13)4(9)6(11)7(8)12/h6-29H,1-4H3;2-7,18H,1H3;. The zero-order chi connectivity index (χ0) is 81.8. The summed E-state index contributed by atoms with van der Waals surface area (Å²) in [7, 11) is 0. The third-order valence-corrected chi connectivity index (χ3v) is 20.0. The smallest absolute Gasteiger partial charge is 0.355 e. The van der Waals surface area contributed by atoms with Crippen molar-refractivity contribution in [3.63, 3.8) is 0 Å². The van der Waals surface area contributed by atoms with Crippen LogP contribution in [0, 0.1) is 93.7 Å². The minimum absolute atomic E-state index is 0.0518. The van der Waals surface area contributed by atoms with Gasteiger partial charge in [-0.3, -0.25) is 0 Å². The molecule has 12 aromatic carbocycles. The molecule has 5 aromatic heterocycles. The van der Waals surface area contributed by atoms with E-state index in [1.807, 2.05) is 63.2 Å². The number of alkyl halides is 15. The first-order valence-electron chi connectivity index (χ1n) is 34.0. The Labute approximate surface area is 630 Å². The predicted molar refractivity (Wildman–Crippen MR) is 397 cm³/mol. The molecule has 0 saturated carbocycles. The van der Waals surface area contributed by atoms with E-state index < -0.39 is 98.8 Å². The number of aromatic nitrogens is 5. The molecular formula is C86H46F19N9. The maximum Gasteiger partial charge on any atom is 0.416 e. The molecule has 0 aliphatic rings. The molecule has 0 spiro atoms. The molecule has 114 heavy (non-hydrogen) atoms. The lowest BCUT2D eigenvalue weighted by atomic mass is 10.0. The lowest BCUT2D eigenvalue weighted by molar-refractivity contribution is -0.138. The number of H-pyrrole nitrogens is 1. The highest BCUT2D eigenvalue weighted by Crippen LogP contribution is 2.54. The SMILES string of the molecule is Cc1ccc2[nH]c3ccc(C(F)(F)F)cc3c2c1.[C-]#[N+]c1c(-n2c3ccc(C)cc3c3cc(C(F)(F)F)ccc32)c(C#N)c(-n2c3ccc(C(F)(F)F)cc3c3cc(C(F)(F)F)ccc32)c(-n2c3ccc(C)cc3c3cc(C(F)(F)F)ccc32)c1-n1c2ccc(C)cc2c2cc(C)ccc21.[C-]#[N+]c1c(F)c(F)c(F)c(C#N)c1F. The van der Waals surface area contributed by atoms with Gasteiger partial charge in [0.05, 0.1) is 113 Å². The van der Waals surface area contributed by atoms with Gasteiger partial charge in [0.1, 0.15) is 17.7 Å². The number of nitrogens with zero attached hydrogens (tertiary/aromatic N) is 8. The highest BCUT2D eigenvalue weighted by Gasteiger charge is 2.40. The average molecular weight is 1570 g/mol. The van der Waals surface area contributed by atoms with E-state index in [9.17, 15) is 95.3 Å². The molecule has 0 atom stereocenters. The number of fused-ring (bicyclic) bond motifs is 15. The Balaban J connectivity index is 0.000000263. The minimum Gasteiger partial charge on any atom is -0.355 e. The van der Waals surface area contributed by atoms with Gasteiger partial charge >= 0.3 is 30.9 Å². The maximum absolute atomic E-state index is 14.9. The summed E-state index contributed by atoms with van der Waals surface area (Å²) < 4.78 is 273. The predicted octanol–water partition coefficient (Wildman–Crippen LogP) is 27.1. The van der Waals surface area contributed by atoms with Crippen molar-refractivity contribution in [2.45, 2.75) is 65.5 Å². The first-order chi connectivity index (χ1) is 53.7. The molecule has 568 valence electrons. The summed E-state index contributed by atoms with van der Waals surface area (Å²) in [6.07, 6.45) is -24.0. The molecule has 17 rings (SSSR count). The van der Waals surface area contributed by atoms with Crippen LogP contribution in [0.15, 0.2) is 182 Å². The number of halogens is 19.